The van der Waals surface area contributed by atoms with Crippen molar-refractivity contribution in [1.29, 1.82) is 0 Å². The molecule has 0 atom stereocenters. The van der Waals surface area contributed by atoms with E-state index in [9.17, 15) is 4.79 Å². The highest BCUT2D eigenvalue weighted by Gasteiger charge is 2.19. The molecule has 4 aromatic heterocycles. The number of nitrogens with one attached hydrogen (secondary N) is 2. The van der Waals surface area contributed by atoms with E-state index in [1.165, 1.54) is 30.4 Å². The molecular formula is C22H27N11O. The fraction of sp³-hybridized carbons (Fsp3) is 0.364. The van der Waals surface area contributed by atoms with Crippen LogP contribution in [0.1, 0.15) is 25.7 Å². The molecule has 12 heteroatoms. The van der Waals surface area contributed by atoms with Crippen molar-refractivity contribution in [2.45, 2.75) is 38.3 Å². The van der Waals surface area contributed by atoms with E-state index in [2.05, 4.69) is 30.7 Å². The minimum atomic E-state index is -0.463. The van der Waals surface area contributed by atoms with Crippen LogP contribution in [0.3, 0.4) is 0 Å². The Morgan fingerprint density at radius 1 is 1.24 bits per heavy atom. The van der Waals surface area contributed by atoms with Gasteiger partial charge in [-0.1, -0.05) is 12.8 Å². The molecule has 0 unspecified atom stereocenters. The Kier molecular flexibility index (Phi) is 5.70. The van der Waals surface area contributed by atoms with Crippen molar-refractivity contribution < 1.29 is 4.79 Å². The van der Waals surface area contributed by atoms with Gasteiger partial charge in [0, 0.05) is 32.5 Å². The van der Waals surface area contributed by atoms with E-state index < -0.39 is 5.91 Å². The van der Waals surface area contributed by atoms with Gasteiger partial charge in [0.25, 0.3) is 0 Å². The van der Waals surface area contributed by atoms with Gasteiger partial charge in [-0.3, -0.25) is 14.0 Å². The van der Waals surface area contributed by atoms with Crippen LogP contribution >= 0.6 is 0 Å². The number of aromatic nitrogens is 7. The lowest BCUT2D eigenvalue weighted by molar-refractivity contribution is -0.118. The zero-order valence-electron chi connectivity index (χ0n) is 19.1. The smallest absolute Gasteiger partial charge is 0.239 e. The molecule has 0 aliphatic heterocycles. The van der Waals surface area contributed by atoms with E-state index in [0.717, 1.165) is 22.8 Å². The number of carbonyl (C=O) groups is 1. The number of aryl methyl sites for hydroxylation is 1. The molecule has 34 heavy (non-hydrogen) atoms. The maximum absolute atomic E-state index is 11.1. The quantitative estimate of drug-likeness (QED) is 0.360. The maximum atomic E-state index is 11.1. The van der Waals surface area contributed by atoms with Gasteiger partial charge in [-0.05, 0) is 25.0 Å². The number of anilines is 5. The van der Waals surface area contributed by atoms with Crippen LogP contribution in [-0.2, 0) is 18.4 Å². The molecule has 0 radical (unpaired) electrons. The molecule has 4 heterocycles. The second kappa shape index (κ2) is 8.96. The lowest BCUT2D eigenvalue weighted by Crippen LogP contribution is -2.18. The summed E-state index contributed by atoms with van der Waals surface area (Å²) in [6.07, 6.45) is 11.6. The number of rotatable bonds is 8. The molecule has 4 aromatic rings. The highest BCUT2D eigenvalue weighted by Crippen LogP contribution is 2.28. The van der Waals surface area contributed by atoms with Crippen LogP contribution in [-0.4, -0.2) is 53.3 Å². The molecule has 1 aliphatic rings. The predicted molar refractivity (Wildman–Crippen MR) is 129 cm³/mol. The summed E-state index contributed by atoms with van der Waals surface area (Å²) in [5.74, 6) is 1.47. The number of nitrogens with two attached hydrogens (primary N) is 1. The summed E-state index contributed by atoms with van der Waals surface area (Å²) in [6.45, 7) is 0.00615. The number of pyridine rings is 1. The van der Waals surface area contributed by atoms with Crippen LogP contribution < -0.4 is 21.3 Å². The summed E-state index contributed by atoms with van der Waals surface area (Å²) in [5.41, 5.74) is 8.37. The number of hydrogen-bond donors (Lipinski definition) is 3. The summed E-state index contributed by atoms with van der Waals surface area (Å²) in [5, 5.41) is 10.7. The molecule has 0 bridgehead atoms. The number of carbonyl (C=O) groups excluding carboxylic acids is 1. The van der Waals surface area contributed by atoms with E-state index in [1.54, 1.807) is 18.6 Å². The van der Waals surface area contributed by atoms with Gasteiger partial charge in [0.05, 0.1) is 23.8 Å². The first-order valence-corrected chi connectivity index (χ1v) is 11.2. The number of amides is 1. The third-order valence-electron chi connectivity index (χ3n) is 5.96. The summed E-state index contributed by atoms with van der Waals surface area (Å²) in [7, 11) is 3.90. The number of nitrogens with zero attached hydrogens (tertiary/aromatic N) is 8. The third kappa shape index (κ3) is 4.47. The van der Waals surface area contributed by atoms with Gasteiger partial charge in [-0.15, -0.1) is 0 Å². The second-order valence-corrected chi connectivity index (χ2v) is 8.47. The SMILES string of the molecule is CN(c1cnc2c(c1)nc(NC1CCCC1)n2C)c1ccnc(Nc2cnn(CC(N)=O)c2)n1. The van der Waals surface area contributed by atoms with E-state index in [1.807, 2.05) is 41.9 Å². The van der Waals surface area contributed by atoms with Crippen molar-refractivity contribution in [2.24, 2.45) is 12.8 Å². The molecule has 0 saturated heterocycles. The Morgan fingerprint density at radius 3 is 2.85 bits per heavy atom. The molecular weight excluding hydrogens is 434 g/mol. The number of fused-ring (bicyclic) bond motifs is 1. The molecule has 12 nitrogen and oxygen atoms in total. The van der Waals surface area contributed by atoms with Crippen LogP contribution in [0.5, 0.6) is 0 Å². The monoisotopic (exact) mass is 461 g/mol. The first-order valence-electron chi connectivity index (χ1n) is 11.2. The molecule has 1 amide bonds. The summed E-state index contributed by atoms with van der Waals surface area (Å²) in [4.78, 5) is 31.3. The van der Waals surface area contributed by atoms with Crippen LogP contribution in [0, 0.1) is 0 Å². The van der Waals surface area contributed by atoms with Gasteiger partial charge in [0.15, 0.2) is 5.65 Å². The van der Waals surface area contributed by atoms with Gasteiger partial charge in [-0.25, -0.2) is 15.0 Å². The first kappa shape index (κ1) is 21.6. The van der Waals surface area contributed by atoms with Gasteiger partial charge < -0.3 is 21.3 Å². The van der Waals surface area contributed by atoms with Crippen LogP contribution in [0.2, 0.25) is 0 Å². The van der Waals surface area contributed by atoms with Crippen molar-refractivity contribution in [3.63, 3.8) is 0 Å². The zero-order chi connectivity index (χ0) is 23.7. The Morgan fingerprint density at radius 2 is 2.06 bits per heavy atom. The lowest BCUT2D eigenvalue weighted by atomic mass is 10.3. The molecule has 1 aliphatic carbocycles. The summed E-state index contributed by atoms with van der Waals surface area (Å²) in [6, 6.07) is 4.30. The average molecular weight is 462 g/mol. The van der Waals surface area contributed by atoms with Gasteiger partial charge in [0.2, 0.25) is 17.8 Å². The van der Waals surface area contributed by atoms with E-state index in [4.69, 9.17) is 10.7 Å². The largest absolute Gasteiger partial charge is 0.368 e. The second-order valence-electron chi connectivity index (χ2n) is 8.47. The fourth-order valence-electron chi connectivity index (χ4n) is 4.16. The Balaban J connectivity index is 1.34. The molecule has 0 spiro atoms. The standard InChI is InChI=1S/C22H27N11O/c1-31(19-7-8-24-21(30-19)27-15-10-26-33(12-15)13-18(23)34)16-9-17-20(25-11-16)32(2)22(29-17)28-14-5-3-4-6-14/h7-12,14H,3-6,13H2,1-2H3,(H2,23,34)(H,28,29)(H,24,27,30). The number of primary amides is 1. The number of imidazole rings is 1. The predicted octanol–water partition coefficient (Wildman–Crippen LogP) is 2.31. The van der Waals surface area contributed by atoms with Crippen molar-refractivity contribution >= 4 is 46.2 Å². The zero-order valence-corrected chi connectivity index (χ0v) is 19.1. The Bertz CT molecular complexity index is 1320. The van der Waals surface area contributed by atoms with Gasteiger partial charge in [0.1, 0.15) is 17.9 Å². The van der Waals surface area contributed by atoms with Crippen LogP contribution in [0.15, 0.2) is 36.9 Å². The third-order valence-corrected chi connectivity index (χ3v) is 5.96. The lowest BCUT2D eigenvalue weighted by Gasteiger charge is -2.18. The minimum Gasteiger partial charge on any atom is -0.368 e. The average Bonchev–Trinajstić information content (AvgIpc) is 3.55. The first-order chi connectivity index (χ1) is 16.5. The molecule has 1 fully saturated rings. The van der Waals surface area contributed by atoms with E-state index in [-0.39, 0.29) is 6.54 Å². The van der Waals surface area contributed by atoms with Crippen molar-refractivity contribution in [3.8, 4) is 0 Å². The molecule has 1 saturated carbocycles. The molecule has 4 N–H and O–H groups in total. The van der Waals surface area contributed by atoms with Gasteiger partial charge in [-0.2, -0.15) is 10.1 Å². The normalized spacial score (nSPS) is 13.9. The molecule has 176 valence electrons. The molecule has 5 rings (SSSR count). The van der Waals surface area contributed by atoms with Crippen molar-refractivity contribution in [2.75, 3.05) is 22.6 Å². The van der Waals surface area contributed by atoms with Crippen LogP contribution in [0.4, 0.5) is 29.1 Å². The highest BCUT2D eigenvalue weighted by atomic mass is 16.1. The van der Waals surface area contributed by atoms with Crippen LogP contribution in [0.25, 0.3) is 11.2 Å². The van der Waals surface area contributed by atoms with Crippen molar-refractivity contribution in [1.82, 2.24) is 34.3 Å². The maximum Gasteiger partial charge on any atom is 0.239 e. The molecule has 0 aromatic carbocycles. The minimum absolute atomic E-state index is 0.00615. The van der Waals surface area contributed by atoms with Gasteiger partial charge >= 0.3 is 0 Å². The topological polar surface area (TPSA) is 145 Å². The van der Waals surface area contributed by atoms with Crippen molar-refractivity contribution in [3.05, 3.63) is 36.9 Å². The number of hydrogen-bond acceptors (Lipinski definition) is 9. The summed E-state index contributed by atoms with van der Waals surface area (Å²) < 4.78 is 3.45. The van der Waals surface area contributed by atoms with E-state index in [0.29, 0.717) is 23.5 Å². The summed E-state index contributed by atoms with van der Waals surface area (Å²) >= 11 is 0. The highest BCUT2D eigenvalue weighted by molar-refractivity contribution is 5.79. The fourth-order valence-corrected chi connectivity index (χ4v) is 4.16. The van der Waals surface area contributed by atoms with E-state index >= 15 is 0 Å². The Labute approximate surface area is 196 Å². The Hall–Kier alpha value is -4.22.